The summed E-state index contributed by atoms with van der Waals surface area (Å²) in [6.45, 7) is 0. The number of hydrogen-bond donors (Lipinski definition) is 0. The fourth-order valence-corrected chi connectivity index (χ4v) is 2.45. The van der Waals surface area contributed by atoms with Crippen molar-refractivity contribution in [2.24, 2.45) is 0 Å². The molecule has 0 heterocycles. The quantitative estimate of drug-likeness (QED) is 0.768. The van der Waals surface area contributed by atoms with Gasteiger partial charge in [0.1, 0.15) is 0 Å². The number of hydrogen-bond acceptors (Lipinski definition) is 1. The molecular weight excluding hydrogens is 275 g/mol. The second-order valence-electron chi connectivity index (χ2n) is 5.35. The van der Waals surface area contributed by atoms with Gasteiger partial charge in [0.05, 0.1) is 17.0 Å². The Balaban J connectivity index is 1.93. The van der Waals surface area contributed by atoms with Gasteiger partial charge in [-0.05, 0) is 41.7 Å². The molecule has 1 fully saturated rings. The molecule has 1 aliphatic carbocycles. The maximum Gasteiger partial charge on any atom is 0.416 e. The summed E-state index contributed by atoms with van der Waals surface area (Å²) < 4.78 is 38.2. The van der Waals surface area contributed by atoms with Crippen LogP contribution in [0.3, 0.4) is 0 Å². The Morgan fingerprint density at radius 2 is 1.62 bits per heavy atom. The summed E-state index contributed by atoms with van der Waals surface area (Å²) in [6, 6.07) is 14.8. The Morgan fingerprint density at radius 3 is 2.14 bits per heavy atom. The normalized spacial score (nSPS) is 16.3. The molecule has 1 saturated carbocycles. The average Bonchev–Trinajstić information content (AvgIpc) is 3.28. The first kappa shape index (κ1) is 13.7. The topological polar surface area (TPSA) is 23.8 Å². The SMILES string of the molecule is N#CC1(c2ccc(-c3cccc(C(F)(F)F)c3)cc2)CC1. The van der Waals surface area contributed by atoms with Gasteiger partial charge >= 0.3 is 6.18 Å². The number of benzene rings is 2. The number of halogens is 3. The van der Waals surface area contributed by atoms with Crippen molar-refractivity contribution in [1.29, 1.82) is 5.26 Å². The summed E-state index contributed by atoms with van der Waals surface area (Å²) in [5.41, 5.74) is 1.17. The van der Waals surface area contributed by atoms with Gasteiger partial charge in [-0.2, -0.15) is 18.4 Å². The van der Waals surface area contributed by atoms with Crippen molar-refractivity contribution in [3.05, 3.63) is 59.7 Å². The van der Waals surface area contributed by atoms with Gasteiger partial charge in [0.15, 0.2) is 0 Å². The van der Waals surface area contributed by atoms with Crippen molar-refractivity contribution in [2.45, 2.75) is 24.4 Å². The molecule has 0 aliphatic heterocycles. The molecule has 0 bridgehead atoms. The summed E-state index contributed by atoms with van der Waals surface area (Å²) in [5.74, 6) is 0. The van der Waals surface area contributed by atoms with Crippen LogP contribution in [0.2, 0.25) is 0 Å². The highest BCUT2D eigenvalue weighted by Gasteiger charge is 2.44. The standard InChI is InChI=1S/C17H12F3N/c18-17(19,20)15-3-1-2-13(10-15)12-4-6-14(7-5-12)16(11-21)8-9-16/h1-7,10H,8-9H2. The van der Waals surface area contributed by atoms with Gasteiger partial charge in [0, 0.05) is 0 Å². The molecule has 21 heavy (non-hydrogen) atoms. The largest absolute Gasteiger partial charge is 0.416 e. The van der Waals surface area contributed by atoms with Crippen LogP contribution in [0, 0.1) is 11.3 Å². The molecular formula is C17H12F3N. The highest BCUT2D eigenvalue weighted by molar-refractivity contribution is 5.65. The number of rotatable bonds is 2. The van der Waals surface area contributed by atoms with Crippen LogP contribution < -0.4 is 0 Å². The van der Waals surface area contributed by atoms with Gasteiger partial charge in [0.2, 0.25) is 0 Å². The van der Waals surface area contributed by atoms with Gasteiger partial charge in [-0.15, -0.1) is 0 Å². The van der Waals surface area contributed by atoms with E-state index in [4.69, 9.17) is 5.26 Å². The maximum absolute atomic E-state index is 12.7. The van der Waals surface area contributed by atoms with Gasteiger partial charge in [-0.1, -0.05) is 36.4 Å². The molecule has 1 aliphatic rings. The maximum atomic E-state index is 12.7. The van der Waals surface area contributed by atoms with Crippen LogP contribution in [0.25, 0.3) is 11.1 Å². The van der Waals surface area contributed by atoms with Crippen LogP contribution in [-0.2, 0) is 11.6 Å². The smallest absolute Gasteiger partial charge is 0.197 e. The van der Waals surface area contributed by atoms with E-state index in [1.807, 2.05) is 12.1 Å². The Labute approximate surface area is 120 Å². The second kappa shape index (κ2) is 4.63. The highest BCUT2D eigenvalue weighted by atomic mass is 19.4. The van der Waals surface area contributed by atoms with E-state index in [-0.39, 0.29) is 5.41 Å². The molecule has 0 N–H and O–H groups in total. The Morgan fingerprint density at radius 1 is 0.952 bits per heavy atom. The first-order valence-corrected chi connectivity index (χ1v) is 6.64. The number of nitriles is 1. The van der Waals surface area contributed by atoms with Crippen LogP contribution >= 0.6 is 0 Å². The summed E-state index contributed by atoms with van der Waals surface area (Å²) in [6.07, 6.45) is -2.63. The van der Waals surface area contributed by atoms with Gasteiger partial charge in [-0.3, -0.25) is 0 Å². The minimum Gasteiger partial charge on any atom is -0.197 e. The first-order valence-electron chi connectivity index (χ1n) is 6.64. The molecule has 0 amide bonds. The van der Waals surface area contributed by atoms with Gasteiger partial charge < -0.3 is 0 Å². The zero-order valence-corrected chi connectivity index (χ0v) is 11.1. The average molecular weight is 287 g/mol. The van der Waals surface area contributed by atoms with E-state index >= 15 is 0 Å². The van der Waals surface area contributed by atoms with Crippen LogP contribution in [0.4, 0.5) is 13.2 Å². The van der Waals surface area contributed by atoms with Crippen LogP contribution in [0.1, 0.15) is 24.0 Å². The van der Waals surface area contributed by atoms with E-state index in [9.17, 15) is 13.2 Å². The van der Waals surface area contributed by atoms with Crippen LogP contribution in [0.15, 0.2) is 48.5 Å². The molecule has 0 aromatic heterocycles. The molecule has 0 spiro atoms. The fourth-order valence-electron chi connectivity index (χ4n) is 2.45. The second-order valence-corrected chi connectivity index (χ2v) is 5.35. The summed E-state index contributed by atoms with van der Waals surface area (Å²) in [4.78, 5) is 0. The molecule has 1 nitrogen and oxygen atoms in total. The third-order valence-electron chi connectivity index (χ3n) is 3.92. The lowest BCUT2D eigenvalue weighted by Gasteiger charge is -2.10. The van der Waals surface area contributed by atoms with Gasteiger partial charge in [0.25, 0.3) is 0 Å². The lowest BCUT2D eigenvalue weighted by molar-refractivity contribution is -0.137. The third kappa shape index (κ3) is 2.52. The minimum absolute atomic E-state index is 0.369. The van der Waals surface area contributed by atoms with Crippen molar-refractivity contribution in [1.82, 2.24) is 0 Å². The minimum atomic E-state index is -4.34. The number of nitrogens with zero attached hydrogens (tertiary/aromatic N) is 1. The van der Waals surface area contributed by atoms with Crippen molar-refractivity contribution in [2.75, 3.05) is 0 Å². The van der Waals surface area contributed by atoms with Crippen LogP contribution in [-0.4, -0.2) is 0 Å². The van der Waals surface area contributed by atoms with Crippen molar-refractivity contribution in [3.8, 4) is 17.2 Å². The Bertz CT molecular complexity index is 704. The number of alkyl halides is 3. The zero-order chi connectivity index (χ0) is 15.1. The van der Waals surface area contributed by atoms with E-state index < -0.39 is 11.7 Å². The Kier molecular flexibility index (Phi) is 3.02. The van der Waals surface area contributed by atoms with Gasteiger partial charge in [-0.25, -0.2) is 0 Å². The zero-order valence-electron chi connectivity index (χ0n) is 11.1. The molecule has 0 unspecified atom stereocenters. The summed E-state index contributed by atoms with van der Waals surface area (Å²) >= 11 is 0. The summed E-state index contributed by atoms with van der Waals surface area (Å²) in [5, 5.41) is 9.15. The molecule has 0 atom stereocenters. The third-order valence-corrected chi connectivity index (χ3v) is 3.92. The molecule has 3 rings (SSSR count). The van der Waals surface area contributed by atoms with Crippen molar-refractivity contribution < 1.29 is 13.2 Å². The van der Waals surface area contributed by atoms with Crippen molar-refractivity contribution in [3.63, 3.8) is 0 Å². The predicted octanol–water partition coefficient (Wildman–Crippen LogP) is 4.93. The van der Waals surface area contributed by atoms with E-state index in [1.54, 1.807) is 18.2 Å². The molecule has 106 valence electrons. The van der Waals surface area contributed by atoms with E-state index in [2.05, 4.69) is 6.07 Å². The fraction of sp³-hybridized carbons (Fsp3) is 0.235. The molecule has 4 heteroatoms. The molecule has 0 radical (unpaired) electrons. The summed E-state index contributed by atoms with van der Waals surface area (Å²) in [7, 11) is 0. The van der Waals surface area contributed by atoms with E-state index in [1.165, 1.54) is 6.07 Å². The van der Waals surface area contributed by atoms with Crippen LogP contribution in [0.5, 0.6) is 0 Å². The first-order chi connectivity index (χ1) is 9.94. The molecule has 0 saturated heterocycles. The lowest BCUT2D eigenvalue weighted by Crippen LogP contribution is -2.04. The highest BCUT2D eigenvalue weighted by Crippen LogP contribution is 2.47. The van der Waals surface area contributed by atoms with E-state index in [0.717, 1.165) is 36.1 Å². The molecule has 2 aromatic carbocycles. The predicted molar refractivity (Wildman–Crippen MR) is 73.4 cm³/mol. The monoisotopic (exact) mass is 287 g/mol. The van der Waals surface area contributed by atoms with E-state index in [0.29, 0.717) is 5.56 Å². The lowest BCUT2D eigenvalue weighted by atomic mass is 9.94. The van der Waals surface area contributed by atoms with Crippen molar-refractivity contribution >= 4 is 0 Å². The molecule has 2 aromatic rings. The Hall–Kier alpha value is -2.28.